The highest BCUT2D eigenvalue weighted by molar-refractivity contribution is 5.90. The van der Waals surface area contributed by atoms with Crippen LogP contribution >= 0.6 is 0 Å². The normalized spacial score (nSPS) is 11.0. The van der Waals surface area contributed by atoms with Gasteiger partial charge in [0.15, 0.2) is 0 Å². The Hall–Kier alpha value is -3.02. The first kappa shape index (κ1) is 10.9. The molecule has 0 fully saturated rings. The molecule has 6 nitrogen and oxygen atoms in total. The number of rotatable bonds is 2. The Bertz CT molecular complexity index is 861. The Morgan fingerprint density at radius 2 is 1.70 bits per heavy atom. The summed E-state index contributed by atoms with van der Waals surface area (Å²) in [7, 11) is 0. The van der Waals surface area contributed by atoms with Crippen molar-refractivity contribution >= 4 is 10.9 Å². The Morgan fingerprint density at radius 1 is 0.850 bits per heavy atom. The zero-order valence-corrected chi connectivity index (χ0v) is 10.3. The van der Waals surface area contributed by atoms with E-state index in [0.717, 1.165) is 10.9 Å². The lowest BCUT2D eigenvalue weighted by atomic mass is 10.2. The van der Waals surface area contributed by atoms with Crippen LogP contribution in [0.1, 0.15) is 0 Å². The molecule has 0 aliphatic rings. The predicted octanol–water partition coefficient (Wildman–Crippen LogP) is 1.67. The fraction of sp³-hybridized carbons (Fsp3) is 0. The highest BCUT2D eigenvalue weighted by Crippen LogP contribution is 2.23. The maximum Gasteiger partial charge on any atom is 0.0757 e. The number of aromatic nitrogens is 6. The van der Waals surface area contributed by atoms with E-state index in [0.29, 0.717) is 23.0 Å². The third-order valence-electron chi connectivity index (χ3n) is 2.97. The van der Waals surface area contributed by atoms with Gasteiger partial charge in [-0.05, 0) is 29.4 Å². The molecule has 6 heteroatoms. The Balaban J connectivity index is 1.82. The summed E-state index contributed by atoms with van der Waals surface area (Å²) in [4.78, 5) is 8.59. The van der Waals surface area contributed by atoms with E-state index in [4.69, 9.17) is 0 Å². The van der Waals surface area contributed by atoms with Crippen LogP contribution in [0, 0.1) is 0 Å². The standard InChI is InChI=1S/C14H8N6/c1-2-6-10-9(5-1)12(18-17-10)14-16-13(19-20-14)11-7-3-4-8-15-11/h1-8H/q-2. The Labute approximate surface area is 113 Å². The summed E-state index contributed by atoms with van der Waals surface area (Å²) in [5.41, 5.74) is 2.16. The second-order valence-corrected chi connectivity index (χ2v) is 4.24. The van der Waals surface area contributed by atoms with Crippen LogP contribution in [-0.2, 0) is 0 Å². The first-order valence-corrected chi connectivity index (χ1v) is 6.09. The molecular formula is C14H8N6-2. The van der Waals surface area contributed by atoms with E-state index in [-0.39, 0.29) is 0 Å². The molecule has 0 amide bonds. The summed E-state index contributed by atoms with van der Waals surface area (Å²) in [6.45, 7) is 0. The Kier molecular flexibility index (Phi) is 2.32. The van der Waals surface area contributed by atoms with Crippen LogP contribution in [0.2, 0.25) is 0 Å². The number of hydrogen-bond donors (Lipinski definition) is 0. The van der Waals surface area contributed by atoms with Gasteiger partial charge in [-0.15, -0.1) is 5.69 Å². The van der Waals surface area contributed by atoms with E-state index in [2.05, 4.69) is 30.4 Å². The van der Waals surface area contributed by atoms with Crippen molar-refractivity contribution in [3.05, 3.63) is 48.7 Å². The van der Waals surface area contributed by atoms with Gasteiger partial charge >= 0.3 is 0 Å². The molecule has 0 aliphatic heterocycles. The molecule has 0 N–H and O–H groups in total. The fourth-order valence-corrected chi connectivity index (χ4v) is 2.03. The molecule has 0 bridgehead atoms. The largest absolute Gasteiger partial charge is 0.574 e. The van der Waals surface area contributed by atoms with Crippen LogP contribution in [0.25, 0.3) is 33.9 Å². The van der Waals surface area contributed by atoms with Crippen molar-refractivity contribution in [2.24, 2.45) is 0 Å². The molecule has 0 radical (unpaired) electrons. The zero-order chi connectivity index (χ0) is 13.4. The third-order valence-corrected chi connectivity index (χ3v) is 2.97. The van der Waals surface area contributed by atoms with Gasteiger partial charge in [-0.1, -0.05) is 24.3 Å². The van der Waals surface area contributed by atoms with Gasteiger partial charge in [-0.2, -0.15) is 0 Å². The molecule has 0 aliphatic carbocycles. The smallest absolute Gasteiger partial charge is 0.0757 e. The lowest BCUT2D eigenvalue weighted by molar-refractivity contribution is 1.05. The fourth-order valence-electron chi connectivity index (χ4n) is 2.03. The van der Waals surface area contributed by atoms with Gasteiger partial charge in [0, 0.05) is 17.5 Å². The van der Waals surface area contributed by atoms with Gasteiger partial charge < -0.3 is 25.4 Å². The van der Waals surface area contributed by atoms with Crippen molar-refractivity contribution in [2.75, 3.05) is 0 Å². The van der Waals surface area contributed by atoms with E-state index < -0.39 is 0 Å². The number of pyridine rings is 1. The van der Waals surface area contributed by atoms with Gasteiger partial charge in [0.2, 0.25) is 0 Å². The van der Waals surface area contributed by atoms with E-state index >= 15 is 0 Å². The lowest BCUT2D eigenvalue weighted by Crippen LogP contribution is -1.88. The zero-order valence-electron chi connectivity index (χ0n) is 10.3. The average molecular weight is 260 g/mol. The number of fused-ring (bicyclic) bond motifs is 1. The number of hydrogen-bond acceptors (Lipinski definition) is 4. The minimum absolute atomic E-state index is 0.472. The summed E-state index contributed by atoms with van der Waals surface area (Å²) in [6.07, 6.45) is 1.70. The highest BCUT2D eigenvalue weighted by Gasteiger charge is 2.00. The summed E-state index contributed by atoms with van der Waals surface area (Å²) in [5.74, 6) is 0.965. The van der Waals surface area contributed by atoms with E-state index in [9.17, 15) is 0 Å². The van der Waals surface area contributed by atoms with E-state index in [1.54, 1.807) is 6.20 Å². The van der Waals surface area contributed by atoms with Gasteiger partial charge in [0.1, 0.15) is 0 Å². The van der Waals surface area contributed by atoms with Gasteiger partial charge in [0.05, 0.1) is 5.69 Å². The average Bonchev–Trinajstić information content (AvgIpc) is 3.14. The summed E-state index contributed by atoms with van der Waals surface area (Å²) < 4.78 is 0. The lowest BCUT2D eigenvalue weighted by Gasteiger charge is -2.06. The van der Waals surface area contributed by atoms with Gasteiger partial charge in [0.25, 0.3) is 0 Å². The maximum absolute atomic E-state index is 4.39. The quantitative estimate of drug-likeness (QED) is 0.545. The monoisotopic (exact) mass is 260 g/mol. The van der Waals surface area contributed by atoms with Crippen LogP contribution in [0.3, 0.4) is 0 Å². The van der Waals surface area contributed by atoms with E-state index in [1.165, 1.54) is 0 Å². The van der Waals surface area contributed by atoms with Crippen LogP contribution in [0.15, 0.2) is 48.7 Å². The SMILES string of the molecule is c1ccc(-c2nnc(-c3[n-]nc4ccccc34)[n-]2)nc1. The van der Waals surface area contributed by atoms with Crippen molar-refractivity contribution in [1.82, 2.24) is 30.4 Å². The molecule has 0 saturated carbocycles. The maximum atomic E-state index is 4.39. The van der Waals surface area contributed by atoms with Crippen molar-refractivity contribution < 1.29 is 0 Å². The molecule has 4 rings (SSSR count). The number of nitrogens with zero attached hydrogens (tertiary/aromatic N) is 6. The minimum Gasteiger partial charge on any atom is -0.574 e. The summed E-state index contributed by atoms with van der Waals surface area (Å²) >= 11 is 0. The third kappa shape index (κ3) is 1.66. The molecular weight excluding hydrogens is 252 g/mol. The summed E-state index contributed by atoms with van der Waals surface area (Å²) in [5, 5.41) is 17.3. The van der Waals surface area contributed by atoms with Crippen molar-refractivity contribution in [2.45, 2.75) is 0 Å². The van der Waals surface area contributed by atoms with Gasteiger partial charge in [-0.25, -0.2) is 0 Å². The molecule has 4 aromatic rings. The molecule has 0 atom stereocenters. The van der Waals surface area contributed by atoms with Crippen LogP contribution in [0.4, 0.5) is 0 Å². The summed E-state index contributed by atoms with van der Waals surface area (Å²) in [6, 6.07) is 13.3. The molecule has 96 valence electrons. The molecule has 0 saturated heterocycles. The molecule has 1 aromatic carbocycles. The molecule has 3 heterocycles. The molecule has 20 heavy (non-hydrogen) atoms. The minimum atomic E-state index is 0.472. The van der Waals surface area contributed by atoms with Crippen LogP contribution in [0.5, 0.6) is 0 Å². The van der Waals surface area contributed by atoms with Gasteiger partial charge in [-0.3, -0.25) is 4.98 Å². The predicted molar refractivity (Wildman–Crippen MR) is 72.6 cm³/mol. The first-order chi connectivity index (χ1) is 9.92. The second kappa shape index (κ2) is 4.27. The van der Waals surface area contributed by atoms with Crippen molar-refractivity contribution in [1.29, 1.82) is 0 Å². The molecule has 0 spiro atoms. The van der Waals surface area contributed by atoms with Crippen LogP contribution in [-0.4, -0.2) is 20.3 Å². The molecule has 3 aromatic heterocycles. The van der Waals surface area contributed by atoms with Crippen LogP contribution < -0.4 is 10.1 Å². The second-order valence-electron chi connectivity index (χ2n) is 4.24. The number of benzene rings is 1. The first-order valence-electron chi connectivity index (χ1n) is 6.09. The van der Waals surface area contributed by atoms with Crippen molar-refractivity contribution in [3.8, 4) is 23.0 Å². The van der Waals surface area contributed by atoms with E-state index in [1.807, 2.05) is 42.5 Å². The topological polar surface area (TPSA) is 79.8 Å². The Morgan fingerprint density at radius 3 is 2.60 bits per heavy atom. The highest BCUT2D eigenvalue weighted by atomic mass is 15.2. The van der Waals surface area contributed by atoms with Crippen molar-refractivity contribution in [3.63, 3.8) is 0 Å². The molecule has 0 unspecified atom stereocenters.